The molecule has 0 amide bonds. The molecule has 0 atom stereocenters. The van der Waals surface area contributed by atoms with Crippen LogP contribution in [0.5, 0.6) is 0 Å². The summed E-state index contributed by atoms with van der Waals surface area (Å²) in [5.74, 6) is 1.79. The van der Waals surface area contributed by atoms with Crippen molar-refractivity contribution in [2.24, 2.45) is 0 Å². The SMILES string of the molecule is c1ccc(-c2ccc(-c3nc(-c4ccc(-c5ccccc5)cc4)nc(-c4cccc5c4nc(-c4ccccc4)c4ccc6sc7ccccc7c6c45)n3)cc2)cc1. The molecular weight excluding hydrogens is 713 g/mol. The quantitative estimate of drug-likeness (QED) is 0.159. The summed E-state index contributed by atoms with van der Waals surface area (Å²) in [5, 5.41) is 5.89. The van der Waals surface area contributed by atoms with Gasteiger partial charge in [-0.05, 0) is 40.5 Å². The molecule has 4 nitrogen and oxygen atoms in total. The van der Waals surface area contributed by atoms with E-state index in [0.717, 1.165) is 66.5 Å². The maximum Gasteiger partial charge on any atom is 0.166 e. The summed E-state index contributed by atoms with van der Waals surface area (Å²) >= 11 is 1.83. The molecule has 0 aliphatic rings. The molecule has 266 valence electrons. The van der Waals surface area contributed by atoms with Crippen LogP contribution in [0, 0.1) is 0 Å². The van der Waals surface area contributed by atoms with E-state index >= 15 is 0 Å². The second-order valence-electron chi connectivity index (χ2n) is 14.2. The zero-order valence-electron chi connectivity index (χ0n) is 30.7. The highest BCUT2D eigenvalue weighted by atomic mass is 32.1. The molecule has 0 fully saturated rings. The van der Waals surface area contributed by atoms with Crippen molar-refractivity contribution < 1.29 is 0 Å². The number of rotatable bonds is 6. The van der Waals surface area contributed by atoms with Crippen LogP contribution in [-0.2, 0) is 0 Å². The zero-order valence-corrected chi connectivity index (χ0v) is 31.5. The van der Waals surface area contributed by atoms with Gasteiger partial charge in [-0.25, -0.2) is 19.9 Å². The Bertz CT molecular complexity index is 3150. The summed E-state index contributed by atoms with van der Waals surface area (Å²) in [6.07, 6.45) is 0. The minimum Gasteiger partial charge on any atom is -0.246 e. The van der Waals surface area contributed by atoms with Crippen molar-refractivity contribution in [3.05, 3.63) is 194 Å². The molecule has 57 heavy (non-hydrogen) atoms. The molecule has 8 aromatic carbocycles. The van der Waals surface area contributed by atoms with Gasteiger partial charge >= 0.3 is 0 Å². The van der Waals surface area contributed by atoms with Gasteiger partial charge in [0.2, 0.25) is 0 Å². The van der Waals surface area contributed by atoms with E-state index in [1.807, 2.05) is 23.5 Å². The zero-order chi connectivity index (χ0) is 37.7. The fourth-order valence-corrected chi connectivity index (χ4v) is 9.08. The number of thiophene rings is 1. The van der Waals surface area contributed by atoms with Gasteiger partial charge in [0.05, 0.1) is 11.2 Å². The summed E-state index contributed by atoms with van der Waals surface area (Å²) < 4.78 is 2.52. The topological polar surface area (TPSA) is 51.6 Å². The van der Waals surface area contributed by atoms with Crippen molar-refractivity contribution in [1.29, 1.82) is 0 Å². The van der Waals surface area contributed by atoms with Crippen LogP contribution in [0.15, 0.2) is 194 Å². The third-order valence-corrected chi connectivity index (χ3v) is 11.9. The van der Waals surface area contributed by atoms with Crippen LogP contribution in [-0.4, -0.2) is 19.9 Å². The second kappa shape index (κ2) is 13.7. The smallest absolute Gasteiger partial charge is 0.166 e. The van der Waals surface area contributed by atoms with Crippen molar-refractivity contribution >= 4 is 53.2 Å². The molecule has 0 N–H and O–H groups in total. The minimum absolute atomic E-state index is 0.577. The van der Waals surface area contributed by atoms with Gasteiger partial charge in [-0.1, -0.05) is 176 Å². The Morgan fingerprint density at radius 2 is 0.772 bits per heavy atom. The Hall–Kier alpha value is -7.34. The molecular formula is C52H32N4S. The van der Waals surface area contributed by atoms with Crippen molar-refractivity contribution in [2.75, 3.05) is 0 Å². The fourth-order valence-electron chi connectivity index (χ4n) is 7.97. The molecule has 0 saturated carbocycles. The molecule has 5 heteroatoms. The largest absolute Gasteiger partial charge is 0.246 e. The van der Waals surface area contributed by atoms with E-state index < -0.39 is 0 Å². The van der Waals surface area contributed by atoms with Gasteiger partial charge in [0.1, 0.15) is 0 Å². The lowest BCUT2D eigenvalue weighted by Crippen LogP contribution is -2.01. The van der Waals surface area contributed by atoms with Crippen LogP contribution in [0.3, 0.4) is 0 Å². The molecule has 0 aliphatic carbocycles. The number of aromatic nitrogens is 4. The average molecular weight is 745 g/mol. The van der Waals surface area contributed by atoms with Gasteiger partial charge in [0.25, 0.3) is 0 Å². The second-order valence-corrected chi connectivity index (χ2v) is 15.3. The Kier molecular flexibility index (Phi) is 7.97. The first kappa shape index (κ1) is 33.0. The first-order valence-corrected chi connectivity index (χ1v) is 19.9. The van der Waals surface area contributed by atoms with E-state index in [1.165, 1.54) is 25.6 Å². The summed E-state index contributed by atoms with van der Waals surface area (Å²) in [6.45, 7) is 0. The molecule has 3 heterocycles. The lowest BCUT2D eigenvalue weighted by atomic mass is 9.95. The first-order chi connectivity index (χ1) is 28.2. The predicted octanol–water partition coefficient (Wildman–Crippen LogP) is 13.9. The highest BCUT2D eigenvalue weighted by molar-refractivity contribution is 7.26. The Morgan fingerprint density at radius 3 is 1.39 bits per heavy atom. The summed E-state index contributed by atoms with van der Waals surface area (Å²) in [6, 6.07) is 67.9. The van der Waals surface area contributed by atoms with Crippen molar-refractivity contribution in [3.8, 4) is 67.7 Å². The number of para-hydroxylation sites is 1. The number of pyridine rings is 1. The minimum atomic E-state index is 0.577. The van der Waals surface area contributed by atoms with Crippen LogP contribution >= 0.6 is 11.3 Å². The lowest BCUT2D eigenvalue weighted by Gasteiger charge is -2.15. The van der Waals surface area contributed by atoms with Gasteiger partial charge in [-0.3, -0.25) is 0 Å². The Labute approximate surface area is 333 Å². The molecule has 0 saturated heterocycles. The molecule has 3 aromatic heterocycles. The monoisotopic (exact) mass is 744 g/mol. The van der Waals surface area contributed by atoms with Gasteiger partial charge in [-0.15, -0.1) is 11.3 Å². The van der Waals surface area contributed by atoms with Crippen LogP contribution in [0.1, 0.15) is 0 Å². The number of hydrogen-bond donors (Lipinski definition) is 0. The van der Waals surface area contributed by atoms with Crippen LogP contribution < -0.4 is 0 Å². The Balaban J connectivity index is 1.16. The third kappa shape index (κ3) is 5.84. The van der Waals surface area contributed by atoms with Crippen LogP contribution in [0.2, 0.25) is 0 Å². The maximum atomic E-state index is 5.52. The summed E-state index contributed by atoms with van der Waals surface area (Å²) in [7, 11) is 0. The predicted molar refractivity (Wildman–Crippen MR) is 238 cm³/mol. The molecule has 0 unspecified atom stereocenters. The number of nitrogens with zero attached hydrogens (tertiary/aromatic N) is 4. The van der Waals surface area contributed by atoms with Gasteiger partial charge in [0.15, 0.2) is 17.5 Å². The standard InChI is InChI=1S/C52H32N4S/c1-4-13-33(14-5-1)35-23-27-38(28-24-35)50-54-51(39-29-25-36(26-30-39)34-15-6-2-7-16-34)56-52(55-50)43-21-12-20-41-46-42(48(53-49(41)43)37-17-8-3-9-18-37)31-32-45-47(46)40-19-10-11-22-44(40)57-45/h1-32H. The molecule has 0 spiro atoms. The van der Waals surface area contributed by atoms with E-state index in [9.17, 15) is 0 Å². The van der Waals surface area contributed by atoms with E-state index in [2.05, 4.69) is 182 Å². The highest BCUT2D eigenvalue weighted by Crippen LogP contribution is 2.44. The number of hydrogen-bond acceptors (Lipinski definition) is 5. The lowest BCUT2D eigenvalue weighted by molar-refractivity contribution is 1.07. The average Bonchev–Trinajstić information content (AvgIpc) is 3.68. The van der Waals surface area contributed by atoms with E-state index in [1.54, 1.807) is 0 Å². The summed E-state index contributed by atoms with van der Waals surface area (Å²) in [4.78, 5) is 21.1. The number of benzene rings is 8. The molecule has 11 aromatic rings. The van der Waals surface area contributed by atoms with Gasteiger partial charge in [-0.2, -0.15) is 0 Å². The highest BCUT2D eigenvalue weighted by Gasteiger charge is 2.21. The van der Waals surface area contributed by atoms with E-state index in [0.29, 0.717) is 17.5 Å². The molecule has 11 rings (SSSR count). The summed E-state index contributed by atoms with van der Waals surface area (Å²) in [5.41, 5.74) is 10.1. The van der Waals surface area contributed by atoms with Crippen LogP contribution in [0.4, 0.5) is 0 Å². The Morgan fingerprint density at radius 1 is 0.281 bits per heavy atom. The van der Waals surface area contributed by atoms with Gasteiger partial charge < -0.3 is 0 Å². The first-order valence-electron chi connectivity index (χ1n) is 19.1. The molecule has 0 bridgehead atoms. The molecule has 0 aliphatic heterocycles. The van der Waals surface area contributed by atoms with Crippen molar-refractivity contribution in [3.63, 3.8) is 0 Å². The third-order valence-electron chi connectivity index (χ3n) is 10.8. The fraction of sp³-hybridized carbons (Fsp3) is 0. The van der Waals surface area contributed by atoms with E-state index in [4.69, 9.17) is 19.9 Å². The molecule has 0 radical (unpaired) electrons. The van der Waals surface area contributed by atoms with Crippen LogP contribution in [0.25, 0.3) is 110 Å². The maximum absolute atomic E-state index is 5.52. The van der Waals surface area contributed by atoms with Crippen molar-refractivity contribution in [2.45, 2.75) is 0 Å². The van der Waals surface area contributed by atoms with Gasteiger partial charge in [0, 0.05) is 58.6 Å². The van der Waals surface area contributed by atoms with E-state index in [-0.39, 0.29) is 0 Å². The number of fused-ring (bicyclic) bond motifs is 7. The van der Waals surface area contributed by atoms with Crippen molar-refractivity contribution in [1.82, 2.24) is 19.9 Å². The normalized spacial score (nSPS) is 11.5.